The molecule has 0 spiro atoms. The Hall–Kier alpha value is -2.75. The van der Waals surface area contributed by atoms with Gasteiger partial charge in [0.05, 0.1) is 0 Å². The lowest BCUT2D eigenvalue weighted by atomic mass is 9.96. The van der Waals surface area contributed by atoms with E-state index in [0.717, 1.165) is 4.90 Å². The molecule has 25 heavy (non-hydrogen) atoms. The van der Waals surface area contributed by atoms with Crippen molar-refractivity contribution in [3.63, 3.8) is 0 Å². The van der Waals surface area contributed by atoms with Gasteiger partial charge in [0.1, 0.15) is 17.2 Å². The third-order valence-corrected chi connectivity index (χ3v) is 5.37. The molecule has 0 saturated carbocycles. The molecule has 2 aliphatic rings. The quantitative estimate of drug-likeness (QED) is 0.321. The van der Waals surface area contributed by atoms with Crippen molar-refractivity contribution in [2.24, 2.45) is 0 Å². The van der Waals surface area contributed by atoms with E-state index in [1.807, 2.05) is 0 Å². The van der Waals surface area contributed by atoms with Gasteiger partial charge in [-0.05, 0) is 12.1 Å². The van der Waals surface area contributed by atoms with Gasteiger partial charge in [0.15, 0.2) is 6.61 Å². The van der Waals surface area contributed by atoms with E-state index in [2.05, 4.69) is 10.6 Å². The number of fused-ring (bicyclic) bond motifs is 1. The monoisotopic (exact) mass is 365 g/mol. The van der Waals surface area contributed by atoms with Gasteiger partial charge < -0.3 is 25.4 Å². The molecule has 2 fully saturated rings. The maximum Gasteiger partial charge on any atom is 0.327 e. The number of para-hydroxylation sites is 1. The molecule has 3 atom stereocenters. The first-order chi connectivity index (χ1) is 12.0. The second-order valence-electron chi connectivity index (χ2n) is 5.47. The Morgan fingerprint density at radius 2 is 2.12 bits per heavy atom. The molecular formula is C15H15N3O6S. The van der Waals surface area contributed by atoms with Gasteiger partial charge in [0.2, 0.25) is 12.1 Å². The molecule has 3 N–H and O–H groups in total. The largest absolute Gasteiger partial charge is 0.484 e. The number of hydrogen-bond donors (Lipinski definition) is 3. The average Bonchev–Trinajstić information content (AvgIpc) is 3.03. The van der Waals surface area contributed by atoms with Crippen LogP contribution in [0.1, 0.15) is 0 Å². The lowest BCUT2D eigenvalue weighted by Gasteiger charge is -2.52. The van der Waals surface area contributed by atoms with Crippen molar-refractivity contribution < 1.29 is 29.0 Å². The molecule has 0 radical (unpaired) electrons. The maximum atomic E-state index is 12.5. The van der Waals surface area contributed by atoms with E-state index in [1.165, 1.54) is 11.8 Å². The van der Waals surface area contributed by atoms with Crippen LogP contribution in [0.5, 0.6) is 5.75 Å². The predicted molar refractivity (Wildman–Crippen MR) is 86.5 cm³/mol. The summed E-state index contributed by atoms with van der Waals surface area (Å²) in [6.07, 6.45) is 0.308. The standard InChI is InChI=1S/C15H15N3O6S/c19-8-16-15(13(23)18-10(12(21)22)7-25-14(15)18)17-11(20)6-24-9-4-2-1-3-5-9/h1-5,8,10,14H,6-7H2,(H,16,19)(H,17,20)(H,21,22)/t10?,14-,15+/m0/s1. The first-order valence-corrected chi connectivity index (χ1v) is 8.42. The number of ether oxygens (including phenoxy) is 1. The summed E-state index contributed by atoms with van der Waals surface area (Å²) in [6, 6.07) is 7.67. The second kappa shape index (κ2) is 6.63. The van der Waals surface area contributed by atoms with Crippen LogP contribution in [0.2, 0.25) is 0 Å². The lowest BCUT2D eigenvalue weighted by molar-refractivity contribution is -0.170. The van der Waals surface area contributed by atoms with E-state index in [0.29, 0.717) is 12.2 Å². The van der Waals surface area contributed by atoms with Crippen LogP contribution in [0.4, 0.5) is 0 Å². The fourth-order valence-corrected chi connectivity index (χ4v) is 4.37. The first-order valence-electron chi connectivity index (χ1n) is 7.37. The fraction of sp³-hybridized carbons (Fsp3) is 0.333. The van der Waals surface area contributed by atoms with Crippen LogP contribution in [0.25, 0.3) is 0 Å². The summed E-state index contributed by atoms with van der Waals surface area (Å²) in [6.45, 7) is -0.348. The molecule has 1 aromatic rings. The van der Waals surface area contributed by atoms with E-state index in [4.69, 9.17) is 9.84 Å². The number of benzene rings is 1. The van der Waals surface area contributed by atoms with Crippen molar-refractivity contribution in [3.8, 4) is 5.75 Å². The summed E-state index contributed by atoms with van der Waals surface area (Å²) in [4.78, 5) is 47.9. The zero-order valence-electron chi connectivity index (χ0n) is 12.9. The van der Waals surface area contributed by atoms with Crippen molar-refractivity contribution >= 4 is 36.0 Å². The van der Waals surface area contributed by atoms with Gasteiger partial charge in [0.25, 0.3) is 11.8 Å². The van der Waals surface area contributed by atoms with Crippen LogP contribution in [0, 0.1) is 0 Å². The van der Waals surface area contributed by atoms with Crippen molar-refractivity contribution in [1.29, 1.82) is 0 Å². The summed E-state index contributed by atoms with van der Waals surface area (Å²) in [5, 5.41) is 13.3. The highest BCUT2D eigenvalue weighted by molar-refractivity contribution is 8.00. The highest BCUT2D eigenvalue weighted by atomic mass is 32.2. The summed E-state index contributed by atoms with van der Waals surface area (Å²) >= 11 is 1.18. The van der Waals surface area contributed by atoms with Gasteiger partial charge in [-0.1, -0.05) is 18.2 Å². The lowest BCUT2D eigenvalue weighted by Crippen LogP contribution is -2.84. The number of aliphatic carboxylic acids is 1. The van der Waals surface area contributed by atoms with E-state index in [9.17, 15) is 19.2 Å². The molecule has 0 bridgehead atoms. The smallest absolute Gasteiger partial charge is 0.327 e. The Labute approximate surface area is 146 Å². The summed E-state index contributed by atoms with van der Waals surface area (Å²) in [5.41, 5.74) is -1.65. The minimum atomic E-state index is -1.65. The van der Waals surface area contributed by atoms with Crippen LogP contribution in [0.15, 0.2) is 30.3 Å². The Morgan fingerprint density at radius 3 is 2.76 bits per heavy atom. The zero-order valence-corrected chi connectivity index (χ0v) is 13.7. The maximum absolute atomic E-state index is 12.5. The summed E-state index contributed by atoms with van der Waals surface area (Å²) in [7, 11) is 0. The minimum Gasteiger partial charge on any atom is -0.484 e. The molecule has 9 nitrogen and oxygen atoms in total. The number of hydrogen-bond acceptors (Lipinski definition) is 6. The van der Waals surface area contributed by atoms with E-state index >= 15 is 0 Å². The van der Waals surface area contributed by atoms with Crippen LogP contribution in [-0.2, 0) is 19.2 Å². The number of carboxylic acid groups (broad SMARTS) is 1. The topological polar surface area (TPSA) is 125 Å². The highest BCUT2D eigenvalue weighted by Gasteiger charge is 2.68. The normalized spacial score (nSPS) is 27.0. The Kier molecular flexibility index (Phi) is 4.53. The molecule has 0 aromatic heterocycles. The predicted octanol–water partition coefficient (Wildman–Crippen LogP) is -1.01. The molecular weight excluding hydrogens is 350 g/mol. The van der Waals surface area contributed by atoms with E-state index < -0.39 is 34.9 Å². The third-order valence-electron chi connectivity index (χ3n) is 3.96. The number of carbonyl (C=O) groups is 4. The van der Waals surface area contributed by atoms with Crippen LogP contribution < -0.4 is 15.4 Å². The van der Waals surface area contributed by atoms with Gasteiger partial charge in [-0.15, -0.1) is 11.8 Å². The molecule has 2 heterocycles. The first kappa shape index (κ1) is 17.1. The molecule has 3 amide bonds. The minimum absolute atomic E-state index is 0.185. The van der Waals surface area contributed by atoms with E-state index in [-0.39, 0.29) is 12.4 Å². The van der Waals surface area contributed by atoms with Gasteiger partial charge >= 0.3 is 5.97 Å². The van der Waals surface area contributed by atoms with Crippen molar-refractivity contribution in [2.45, 2.75) is 17.1 Å². The van der Waals surface area contributed by atoms with Gasteiger partial charge in [-0.3, -0.25) is 14.4 Å². The number of rotatable bonds is 7. The molecule has 2 saturated heterocycles. The zero-order chi connectivity index (χ0) is 18.0. The third kappa shape index (κ3) is 2.88. The van der Waals surface area contributed by atoms with Crippen molar-refractivity contribution in [1.82, 2.24) is 15.5 Å². The Morgan fingerprint density at radius 1 is 1.40 bits per heavy atom. The molecule has 3 rings (SSSR count). The number of carboxylic acids is 1. The van der Waals surface area contributed by atoms with E-state index in [1.54, 1.807) is 30.3 Å². The number of nitrogens with zero attached hydrogens (tertiary/aromatic N) is 1. The van der Waals surface area contributed by atoms with Gasteiger partial charge in [-0.25, -0.2) is 4.79 Å². The van der Waals surface area contributed by atoms with Crippen molar-refractivity contribution in [3.05, 3.63) is 30.3 Å². The van der Waals surface area contributed by atoms with Crippen LogP contribution in [0.3, 0.4) is 0 Å². The Bertz CT molecular complexity index is 714. The van der Waals surface area contributed by atoms with Crippen molar-refractivity contribution in [2.75, 3.05) is 12.4 Å². The van der Waals surface area contributed by atoms with Crippen LogP contribution in [-0.4, -0.2) is 63.6 Å². The molecule has 132 valence electrons. The van der Waals surface area contributed by atoms with Crippen LogP contribution >= 0.6 is 11.8 Å². The van der Waals surface area contributed by atoms with Gasteiger partial charge in [-0.2, -0.15) is 0 Å². The number of β-lactam (4-membered cyclic amide) rings is 1. The fourth-order valence-electron chi connectivity index (χ4n) is 2.82. The average molecular weight is 365 g/mol. The number of thioether (sulfide) groups is 1. The molecule has 10 heteroatoms. The molecule has 2 aliphatic heterocycles. The molecule has 0 aliphatic carbocycles. The number of amides is 3. The number of nitrogens with one attached hydrogen (secondary N) is 2. The highest BCUT2D eigenvalue weighted by Crippen LogP contribution is 2.44. The molecule has 1 aromatic carbocycles. The Balaban J connectivity index is 1.68. The molecule has 1 unspecified atom stereocenters. The summed E-state index contributed by atoms with van der Waals surface area (Å²) in [5.74, 6) is -1.72. The SMILES string of the molecule is O=CN[C@@]1(NC(=O)COc2ccccc2)C(=O)N2C(C(=O)O)CS[C@H]21. The number of carbonyl (C=O) groups excluding carboxylic acids is 3. The second-order valence-corrected chi connectivity index (χ2v) is 6.59. The summed E-state index contributed by atoms with van der Waals surface area (Å²) < 4.78 is 5.31. The van der Waals surface area contributed by atoms with Gasteiger partial charge in [0, 0.05) is 5.75 Å².